The van der Waals surface area contributed by atoms with Gasteiger partial charge in [-0.2, -0.15) is 0 Å². The number of nitrogens with zero attached hydrogens (tertiary/aromatic N) is 1. The minimum atomic E-state index is -0.666. The average Bonchev–Trinajstić information content (AvgIpc) is 3.14. The van der Waals surface area contributed by atoms with E-state index in [9.17, 15) is 4.79 Å². The summed E-state index contributed by atoms with van der Waals surface area (Å²) in [5, 5.41) is 9.03. The molecule has 0 unspecified atom stereocenters. The third-order valence-corrected chi connectivity index (χ3v) is 3.91. The van der Waals surface area contributed by atoms with E-state index in [1.54, 1.807) is 0 Å². The van der Waals surface area contributed by atoms with Gasteiger partial charge < -0.3 is 10.0 Å². The Bertz CT molecular complexity index is 412. The number of carboxylic acids is 1. The number of carboxylic acid groups (broad SMARTS) is 1. The number of para-hydroxylation sites is 1. The molecule has 3 heteroatoms. The lowest BCUT2D eigenvalue weighted by Gasteiger charge is -2.29. The first-order valence-corrected chi connectivity index (χ1v) is 7.17. The molecule has 104 valence electrons. The lowest BCUT2D eigenvalue weighted by molar-refractivity contribution is -0.138. The number of carbonyl (C=O) groups is 1. The largest absolute Gasteiger partial charge is 0.481 e. The average molecular weight is 261 g/mol. The van der Waals surface area contributed by atoms with Gasteiger partial charge in [0.05, 0.1) is 6.42 Å². The Morgan fingerprint density at radius 1 is 1.32 bits per heavy atom. The molecule has 1 aliphatic carbocycles. The molecule has 1 fully saturated rings. The number of benzene rings is 1. The second-order valence-electron chi connectivity index (χ2n) is 5.68. The Balaban J connectivity index is 2.04. The fraction of sp³-hybridized carbons (Fsp3) is 0.562. The summed E-state index contributed by atoms with van der Waals surface area (Å²) in [6.45, 7) is 4.08. The molecule has 1 aliphatic rings. The maximum absolute atomic E-state index is 11.0. The van der Waals surface area contributed by atoms with E-state index in [0.29, 0.717) is 6.42 Å². The summed E-state index contributed by atoms with van der Waals surface area (Å²) in [7, 11) is 0. The summed E-state index contributed by atoms with van der Waals surface area (Å²) in [6, 6.07) is 10.3. The van der Waals surface area contributed by atoms with E-state index in [2.05, 4.69) is 24.0 Å². The predicted molar refractivity (Wildman–Crippen MR) is 77.5 cm³/mol. The monoisotopic (exact) mass is 261 g/mol. The maximum Gasteiger partial charge on any atom is 0.303 e. The zero-order valence-electron chi connectivity index (χ0n) is 11.6. The molecule has 2 rings (SSSR count). The van der Waals surface area contributed by atoms with Crippen LogP contribution >= 0.6 is 0 Å². The SMILES string of the molecule is CCCCN(CC1(CC(=O)O)CC1)c1ccccc1. The molecule has 0 bridgehead atoms. The first-order valence-electron chi connectivity index (χ1n) is 7.17. The molecule has 0 spiro atoms. The fourth-order valence-corrected chi connectivity index (χ4v) is 2.58. The van der Waals surface area contributed by atoms with Gasteiger partial charge in [0.25, 0.3) is 0 Å². The quantitative estimate of drug-likeness (QED) is 0.778. The van der Waals surface area contributed by atoms with E-state index in [4.69, 9.17) is 5.11 Å². The fourth-order valence-electron chi connectivity index (χ4n) is 2.58. The summed E-state index contributed by atoms with van der Waals surface area (Å²) >= 11 is 0. The molecule has 0 aliphatic heterocycles. The van der Waals surface area contributed by atoms with E-state index in [1.165, 1.54) is 5.69 Å². The van der Waals surface area contributed by atoms with Crippen LogP contribution in [0.4, 0.5) is 5.69 Å². The van der Waals surface area contributed by atoms with Gasteiger partial charge >= 0.3 is 5.97 Å². The van der Waals surface area contributed by atoms with Crippen molar-refractivity contribution in [3.05, 3.63) is 30.3 Å². The molecule has 1 aromatic carbocycles. The number of hydrogen-bond donors (Lipinski definition) is 1. The number of aliphatic carboxylic acids is 1. The zero-order chi connectivity index (χ0) is 13.7. The van der Waals surface area contributed by atoms with Crippen LogP contribution in [0.3, 0.4) is 0 Å². The summed E-state index contributed by atoms with van der Waals surface area (Å²) < 4.78 is 0. The molecule has 1 N–H and O–H groups in total. The molecule has 1 saturated carbocycles. The Labute approximate surface area is 115 Å². The van der Waals surface area contributed by atoms with E-state index in [1.807, 2.05) is 18.2 Å². The molecule has 0 atom stereocenters. The van der Waals surface area contributed by atoms with Crippen molar-refractivity contribution in [1.82, 2.24) is 0 Å². The van der Waals surface area contributed by atoms with Crippen LogP contribution in [0.2, 0.25) is 0 Å². The highest BCUT2D eigenvalue weighted by atomic mass is 16.4. The summed E-state index contributed by atoms with van der Waals surface area (Å²) in [6.07, 6.45) is 4.72. The van der Waals surface area contributed by atoms with Gasteiger partial charge in [0.15, 0.2) is 0 Å². The molecule has 19 heavy (non-hydrogen) atoms. The highest BCUT2D eigenvalue weighted by Crippen LogP contribution is 2.49. The van der Waals surface area contributed by atoms with E-state index in [0.717, 1.165) is 38.8 Å². The number of anilines is 1. The smallest absolute Gasteiger partial charge is 0.303 e. The summed E-state index contributed by atoms with van der Waals surface area (Å²) in [5.41, 5.74) is 1.24. The third-order valence-electron chi connectivity index (χ3n) is 3.91. The van der Waals surface area contributed by atoms with Gasteiger partial charge in [-0.25, -0.2) is 0 Å². The Morgan fingerprint density at radius 3 is 2.53 bits per heavy atom. The molecule has 0 radical (unpaired) electrons. The van der Waals surface area contributed by atoms with Crippen molar-refractivity contribution in [3.63, 3.8) is 0 Å². The number of hydrogen-bond acceptors (Lipinski definition) is 2. The van der Waals surface area contributed by atoms with Gasteiger partial charge in [-0.05, 0) is 36.8 Å². The minimum absolute atomic E-state index is 0.0232. The van der Waals surface area contributed by atoms with Crippen LogP contribution in [0.25, 0.3) is 0 Å². The van der Waals surface area contributed by atoms with Crippen molar-refractivity contribution in [2.45, 2.75) is 39.0 Å². The predicted octanol–water partition coefficient (Wildman–Crippen LogP) is 3.55. The Hall–Kier alpha value is -1.51. The van der Waals surface area contributed by atoms with Crippen LogP contribution in [0.5, 0.6) is 0 Å². The van der Waals surface area contributed by atoms with Crippen LogP contribution < -0.4 is 4.90 Å². The molecular weight excluding hydrogens is 238 g/mol. The Morgan fingerprint density at radius 2 is 2.00 bits per heavy atom. The van der Waals surface area contributed by atoms with Gasteiger partial charge in [0.2, 0.25) is 0 Å². The van der Waals surface area contributed by atoms with Crippen molar-refractivity contribution >= 4 is 11.7 Å². The number of unbranched alkanes of at least 4 members (excludes halogenated alkanes) is 1. The minimum Gasteiger partial charge on any atom is -0.481 e. The summed E-state index contributed by atoms with van der Waals surface area (Å²) in [4.78, 5) is 13.3. The zero-order valence-corrected chi connectivity index (χ0v) is 11.6. The highest BCUT2D eigenvalue weighted by Gasteiger charge is 2.45. The molecule has 0 aromatic heterocycles. The lowest BCUT2D eigenvalue weighted by Crippen LogP contribution is -2.32. The first kappa shape index (κ1) is 13.9. The molecule has 0 heterocycles. The topological polar surface area (TPSA) is 40.5 Å². The summed E-state index contributed by atoms with van der Waals surface area (Å²) in [5.74, 6) is -0.666. The van der Waals surface area contributed by atoms with Gasteiger partial charge in [-0.3, -0.25) is 4.79 Å². The maximum atomic E-state index is 11.0. The molecule has 1 aromatic rings. The third kappa shape index (κ3) is 3.98. The second-order valence-corrected chi connectivity index (χ2v) is 5.68. The van der Waals surface area contributed by atoms with Crippen LogP contribution in [0, 0.1) is 5.41 Å². The Kier molecular flexibility index (Phi) is 4.46. The number of rotatable bonds is 8. The van der Waals surface area contributed by atoms with E-state index in [-0.39, 0.29) is 5.41 Å². The van der Waals surface area contributed by atoms with Gasteiger partial charge in [-0.1, -0.05) is 31.5 Å². The molecule has 0 amide bonds. The van der Waals surface area contributed by atoms with E-state index < -0.39 is 5.97 Å². The molecular formula is C16H23NO2. The normalized spacial score (nSPS) is 16.1. The lowest BCUT2D eigenvalue weighted by atomic mass is 10.0. The molecule has 0 saturated heterocycles. The van der Waals surface area contributed by atoms with Gasteiger partial charge in [0.1, 0.15) is 0 Å². The molecule has 3 nitrogen and oxygen atoms in total. The van der Waals surface area contributed by atoms with Crippen molar-refractivity contribution in [2.75, 3.05) is 18.0 Å². The van der Waals surface area contributed by atoms with Crippen LogP contribution in [0.1, 0.15) is 39.0 Å². The van der Waals surface area contributed by atoms with Gasteiger partial charge in [-0.15, -0.1) is 0 Å². The van der Waals surface area contributed by atoms with Crippen molar-refractivity contribution in [3.8, 4) is 0 Å². The highest BCUT2D eigenvalue weighted by molar-refractivity contribution is 5.68. The van der Waals surface area contributed by atoms with E-state index >= 15 is 0 Å². The van der Waals surface area contributed by atoms with Crippen LogP contribution in [-0.4, -0.2) is 24.2 Å². The van der Waals surface area contributed by atoms with Crippen LogP contribution in [-0.2, 0) is 4.79 Å². The standard InChI is InChI=1S/C16H23NO2/c1-2-3-11-17(14-7-5-4-6-8-14)13-16(9-10-16)12-15(18)19/h4-8H,2-3,9-13H2,1H3,(H,18,19). The second kappa shape index (κ2) is 6.09. The van der Waals surface area contributed by atoms with Crippen molar-refractivity contribution < 1.29 is 9.90 Å². The van der Waals surface area contributed by atoms with Crippen molar-refractivity contribution in [1.29, 1.82) is 0 Å². The first-order chi connectivity index (χ1) is 9.15. The van der Waals surface area contributed by atoms with Crippen LogP contribution in [0.15, 0.2) is 30.3 Å². The van der Waals surface area contributed by atoms with Gasteiger partial charge in [0, 0.05) is 18.8 Å². The van der Waals surface area contributed by atoms with Crippen molar-refractivity contribution in [2.24, 2.45) is 5.41 Å².